The molecule has 0 fully saturated rings. The molecule has 0 saturated carbocycles. The summed E-state index contributed by atoms with van der Waals surface area (Å²) in [5.74, 6) is -0.0741. The molecule has 0 heterocycles. The van der Waals surface area contributed by atoms with E-state index in [2.05, 4.69) is 31.3 Å². The van der Waals surface area contributed by atoms with Crippen molar-refractivity contribution >= 4 is 5.91 Å². The number of aliphatic hydroxyl groups is 2. The molecule has 0 aromatic heterocycles. The summed E-state index contributed by atoms with van der Waals surface area (Å²) in [6.07, 6.45) is 50.3. The lowest BCUT2D eigenvalue weighted by molar-refractivity contribution is -0.123. The maximum Gasteiger partial charge on any atom is 0.220 e. The Morgan fingerprint density at radius 2 is 0.830 bits per heavy atom. The van der Waals surface area contributed by atoms with Crippen molar-refractivity contribution in [3.8, 4) is 0 Å². The maximum absolute atomic E-state index is 12.3. The van der Waals surface area contributed by atoms with E-state index >= 15 is 0 Å². The molecule has 0 saturated heterocycles. The van der Waals surface area contributed by atoms with Gasteiger partial charge in [-0.2, -0.15) is 0 Å². The summed E-state index contributed by atoms with van der Waals surface area (Å²) >= 11 is 0. The molecule has 1 amide bonds. The highest BCUT2D eigenvalue weighted by atomic mass is 16.3. The number of aliphatic hydroxyl groups excluding tert-OH is 2. The Bertz CT molecular complexity index is 676. The molecule has 3 N–H and O–H groups in total. The van der Waals surface area contributed by atoms with Gasteiger partial charge in [-0.05, 0) is 25.7 Å². The number of nitrogens with one attached hydrogen (secondary N) is 1. The van der Waals surface area contributed by atoms with Crippen molar-refractivity contribution in [1.82, 2.24) is 5.32 Å². The molecular weight excluding hydrogens is 578 g/mol. The van der Waals surface area contributed by atoms with Gasteiger partial charge in [0.1, 0.15) is 0 Å². The first-order chi connectivity index (χ1) is 23.2. The largest absolute Gasteiger partial charge is 0.394 e. The molecular formula is C43H83NO3. The summed E-state index contributed by atoms with van der Waals surface area (Å²) in [6.45, 7) is 4.23. The third-order valence-electron chi connectivity index (χ3n) is 9.69. The van der Waals surface area contributed by atoms with Gasteiger partial charge in [0.05, 0.1) is 18.8 Å². The molecule has 2 unspecified atom stereocenters. The lowest BCUT2D eigenvalue weighted by Crippen LogP contribution is -2.45. The first-order valence-electron chi connectivity index (χ1n) is 21.1. The van der Waals surface area contributed by atoms with E-state index in [0.717, 1.165) is 32.1 Å². The van der Waals surface area contributed by atoms with Crippen molar-refractivity contribution in [3.63, 3.8) is 0 Å². The van der Waals surface area contributed by atoms with Gasteiger partial charge in [-0.1, -0.05) is 218 Å². The van der Waals surface area contributed by atoms with Crippen LogP contribution in [0.5, 0.6) is 0 Å². The fourth-order valence-electron chi connectivity index (χ4n) is 6.42. The van der Waals surface area contributed by atoms with Crippen LogP contribution in [-0.4, -0.2) is 34.9 Å². The molecule has 0 spiro atoms. The molecule has 0 aromatic carbocycles. The lowest BCUT2D eigenvalue weighted by Gasteiger charge is -2.19. The number of hydrogen-bond acceptors (Lipinski definition) is 3. The lowest BCUT2D eigenvalue weighted by atomic mass is 10.0. The molecule has 47 heavy (non-hydrogen) atoms. The zero-order valence-electron chi connectivity index (χ0n) is 31.8. The molecule has 0 aliphatic carbocycles. The quantitative estimate of drug-likeness (QED) is 0.0455. The zero-order valence-corrected chi connectivity index (χ0v) is 31.8. The van der Waals surface area contributed by atoms with Gasteiger partial charge in [0.15, 0.2) is 0 Å². The van der Waals surface area contributed by atoms with Gasteiger partial charge >= 0.3 is 0 Å². The monoisotopic (exact) mass is 662 g/mol. The Labute approximate surface area is 294 Å². The normalized spacial score (nSPS) is 13.2. The second-order valence-electron chi connectivity index (χ2n) is 14.4. The molecule has 0 aliphatic heterocycles. The third-order valence-corrected chi connectivity index (χ3v) is 9.69. The van der Waals surface area contributed by atoms with Crippen LogP contribution in [0.1, 0.15) is 226 Å². The minimum Gasteiger partial charge on any atom is -0.394 e. The molecule has 0 radical (unpaired) electrons. The molecule has 0 bridgehead atoms. The van der Waals surface area contributed by atoms with E-state index in [1.807, 2.05) is 6.08 Å². The predicted octanol–water partition coefficient (Wildman–Crippen LogP) is 12.8. The second kappa shape index (κ2) is 39.3. The van der Waals surface area contributed by atoms with Crippen molar-refractivity contribution < 1.29 is 15.0 Å². The van der Waals surface area contributed by atoms with Crippen molar-refractivity contribution in [2.24, 2.45) is 0 Å². The van der Waals surface area contributed by atoms with Crippen LogP contribution in [0.3, 0.4) is 0 Å². The SMILES string of the molecule is CCCC/C=C/CC/C=C/C(O)C(CO)NC(=O)CCCCCCCCCCCCCCCCCCCCCCCCCCCCC. The minimum atomic E-state index is -0.855. The van der Waals surface area contributed by atoms with E-state index < -0.39 is 12.1 Å². The molecule has 4 nitrogen and oxygen atoms in total. The highest BCUT2D eigenvalue weighted by molar-refractivity contribution is 5.76. The molecule has 2 atom stereocenters. The second-order valence-corrected chi connectivity index (χ2v) is 14.4. The van der Waals surface area contributed by atoms with Crippen LogP contribution >= 0.6 is 0 Å². The predicted molar refractivity (Wildman–Crippen MR) is 207 cm³/mol. The van der Waals surface area contributed by atoms with Crippen LogP contribution in [-0.2, 0) is 4.79 Å². The van der Waals surface area contributed by atoms with Crippen LogP contribution in [0.15, 0.2) is 24.3 Å². The van der Waals surface area contributed by atoms with E-state index in [1.165, 1.54) is 173 Å². The van der Waals surface area contributed by atoms with Gasteiger partial charge in [-0.25, -0.2) is 0 Å². The number of amides is 1. The Kier molecular flexibility index (Phi) is 38.4. The van der Waals surface area contributed by atoms with Crippen LogP contribution in [0.2, 0.25) is 0 Å². The third kappa shape index (κ3) is 36.0. The Morgan fingerprint density at radius 1 is 0.489 bits per heavy atom. The number of carbonyl (C=O) groups is 1. The maximum atomic E-state index is 12.3. The smallest absolute Gasteiger partial charge is 0.220 e. The molecule has 0 rings (SSSR count). The Morgan fingerprint density at radius 3 is 1.21 bits per heavy atom. The standard InChI is InChI=1S/C43H83NO3/c1-3-5-7-9-11-13-14-15-16-17-18-19-20-21-22-23-24-25-26-27-28-29-30-31-33-35-37-39-43(47)44-41(40-45)42(46)38-36-34-32-12-10-8-6-4-2/h10,12,36,38,41-42,45-46H,3-9,11,13-35,37,39-40H2,1-2H3,(H,44,47)/b12-10+,38-36+. The van der Waals surface area contributed by atoms with Crippen LogP contribution in [0, 0.1) is 0 Å². The summed E-state index contributed by atoms with van der Waals surface area (Å²) in [6, 6.07) is -0.632. The summed E-state index contributed by atoms with van der Waals surface area (Å²) in [5.41, 5.74) is 0. The van der Waals surface area contributed by atoms with Gasteiger partial charge < -0.3 is 15.5 Å². The van der Waals surface area contributed by atoms with Gasteiger partial charge in [0.25, 0.3) is 0 Å². The average molecular weight is 662 g/mol. The van der Waals surface area contributed by atoms with Crippen LogP contribution < -0.4 is 5.32 Å². The van der Waals surface area contributed by atoms with Gasteiger partial charge in [0, 0.05) is 6.42 Å². The van der Waals surface area contributed by atoms with E-state index in [4.69, 9.17) is 0 Å². The number of carbonyl (C=O) groups excluding carboxylic acids is 1. The van der Waals surface area contributed by atoms with Crippen molar-refractivity contribution in [2.45, 2.75) is 238 Å². The highest BCUT2D eigenvalue weighted by Gasteiger charge is 2.17. The average Bonchev–Trinajstić information content (AvgIpc) is 3.07. The van der Waals surface area contributed by atoms with Crippen molar-refractivity contribution in [2.75, 3.05) is 6.61 Å². The summed E-state index contributed by atoms with van der Waals surface area (Å²) in [4.78, 5) is 12.3. The number of rotatable bonds is 38. The molecule has 278 valence electrons. The first-order valence-corrected chi connectivity index (χ1v) is 21.1. The number of allylic oxidation sites excluding steroid dienone is 3. The molecule has 0 aliphatic rings. The van der Waals surface area contributed by atoms with Gasteiger partial charge in [-0.3, -0.25) is 4.79 Å². The molecule has 0 aromatic rings. The fraction of sp³-hybridized carbons (Fsp3) is 0.884. The summed E-state index contributed by atoms with van der Waals surface area (Å²) in [5, 5.41) is 22.8. The van der Waals surface area contributed by atoms with E-state index in [-0.39, 0.29) is 12.5 Å². The van der Waals surface area contributed by atoms with E-state index in [9.17, 15) is 15.0 Å². The van der Waals surface area contributed by atoms with E-state index in [0.29, 0.717) is 6.42 Å². The Hall–Kier alpha value is -1.13. The first kappa shape index (κ1) is 45.9. The van der Waals surface area contributed by atoms with Gasteiger partial charge in [0.2, 0.25) is 5.91 Å². The summed E-state index contributed by atoms with van der Waals surface area (Å²) in [7, 11) is 0. The van der Waals surface area contributed by atoms with E-state index in [1.54, 1.807) is 6.08 Å². The number of hydrogen-bond donors (Lipinski definition) is 3. The minimum absolute atomic E-state index is 0.0741. The zero-order chi connectivity index (χ0) is 34.3. The Balaban J connectivity index is 3.41. The van der Waals surface area contributed by atoms with Gasteiger partial charge in [-0.15, -0.1) is 0 Å². The van der Waals surface area contributed by atoms with Crippen molar-refractivity contribution in [3.05, 3.63) is 24.3 Å². The summed E-state index contributed by atoms with van der Waals surface area (Å²) < 4.78 is 0. The van der Waals surface area contributed by atoms with Crippen LogP contribution in [0.4, 0.5) is 0 Å². The van der Waals surface area contributed by atoms with Crippen LogP contribution in [0.25, 0.3) is 0 Å². The fourth-order valence-corrected chi connectivity index (χ4v) is 6.42. The highest BCUT2D eigenvalue weighted by Crippen LogP contribution is 2.16. The number of unbranched alkanes of at least 4 members (excludes halogenated alkanes) is 29. The topological polar surface area (TPSA) is 69.6 Å². The van der Waals surface area contributed by atoms with Crippen molar-refractivity contribution in [1.29, 1.82) is 0 Å². The molecule has 4 heteroatoms.